The van der Waals surface area contributed by atoms with Gasteiger partial charge in [0.1, 0.15) is 18.8 Å². The van der Waals surface area contributed by atoms with E-state index in [1.54, 1.807) is 6.92 Å². The molecule has 1 aromatic heterocycles. The Morgan fingerprint density at radius 2 is 2.04 bits per heavy atom. The smallest absolute Gasteiger partial charge is 0.407 e. The van der Waals surface area contributed by atoms with E-state index >= 15 is 0 Å². The summed E-state index contributed by atoms with van der Waals surface area (Å²) in [5, 5.41) is 22.4. The number of amides is 1. The summed E-state index contributed by atoms with van der Waals surface area (Å²) in [5.74, 6) is -0.753. The summed E-state index contributed by atoms with van der Waals surface area (Å²) in [4.78, 5) is 15.1. The number of aliphatic hydroxyl groups excluding tert-OH is 2. The molecular weight excluding hydrogens is 315 g/mol. The molecule has 0 aliphatic heterocycles. The Balaban J connectivity index is 1.82. The normalized spacial score (nSPS) is 13.2. The Kier molecular flexibility index (Phi) is 6.22. The summed E-state index contributed by atoms with van der Waals surface area (Å²) in [6.45, 7) is 1.50. The SMILES string of the molecule is Cc1cnc(F)cc1C(O)C(O)CNC(=O)OCc1ccccc1. The fourth-order valence-corrected chi connectivity index (χ4v) is 2.11. The number of nitrogens with zero attached hydrogens (tertiary/aromatic N) is 1. The number of benzene rings is 1. The van der Waals surface area contributed by atoms with E-state index < -0.39 is 24.2 Å². The third kappa shape index (κ3) is 5.00. The van der Waals surface area contributed by atoms with Crippen molar-refractivity contribution in [1.29, 1.82) is 0 Å². The summed E-state index contributed by atoms with van der Waals surface area (Å²) in [6.07, 6.45) is -2.11. The third-order valence-corrected chi connectivity index (χ3v) is 3.46. The summed E-state index contributed by atoms with van der Waals surface area (Å²) in [5.41, 5.74) is 1.58. The fraction of sp³-hybridized carbons (Fsp3) is 0.294. The molecule has 0 saturated carbocycles. The molecule has 0 aliphatic rings. The maximum Gasteiger partial charge on any atom is 0.407 e. The van der Waals surface area contributed by atoms with Gasteiger partial charge in [-0.3, -0.25) is 0 Å². The van der Waals surface area contributed by atoms with E-state index in [2.05, 4.69) is 10.3 Å². The molecule has 3 N–H and O–H groups in total. The van der Waals surface area contributed by atoms with Crippen LogP contribution >= 0.6 is 0 Å². The first-order valence-corrected chi connectivity index (χ1v) is 7.40. The largest absolute Gasteiger partial charge is 0.445 e. The number of hydrogen-bond donors (Lipinski definition) is 3. The van der Waals surface area contributed by atoms with Gasteiger partial charge in [-0.15, -0.1) is 0 Å². The molecular formula is C17H19FN2O4. The maximum atomic E-state index is 13.2. The summed E-state index contributed by atoms with van der Waals surface area (Å²) in [6, 6.07) is 10.2. The molecule has 2 aromatic rings. The highest BCUT2D eigenvalue weighted by molar-refractivity contribution is 5.67. The quantitative estimate of drug-likeness (QED) is 0.701. The molecule has 1 aromatic carbocycles. The van der Waals surface area contributed by atoms with E-state index in [1.807, 2.05) is 30.3 Å². The van der Waals surface area contributed by atoms with Gasteiger partial charge >= 0.3 is 6.09 Å². The lowest BCUT2D eigenvalue weighted by Gasteiger charge is -2.20. The van der Waals surface area contributed by atoms with Crippen molar-refractivity contribution in [3.63, 3.8) is 0 Å². The molecule has 1 heterocycles. The second-order valence-electron chi connectivity index (χ2n) is 5.32. The van der Waals surface area contributed by atoms with Crippen molar-refractivity contribution in [2.45, 2.75) is 25.7 Å². The molecule has 0 spiro atoms. The van der Waals surface area contributed by atoms with E-state index in [9.17, 15) is 19.4 Å². The number of nitrogens with one attached hydrogen (secondary N) is 1. The molecule has 0 aliphatic carbocycles. The second kappa shape index (κ2) is 8.37. The van der Waals surface area contributed by atoms with Gasteiger partial charge in [0.05, 0.1) is 0 Å². The molecule has 2 atom stereocenters. The van der Waals surface area contributed by atoms with E-state index in [-0.39, 0.29) is 18.7 Å². The monoisotopic (exact) mass is 334 g/mol. The number of halogens is 1. The van der Waals surface area contributed by atoms with Gasteiger partial charge < -0.3 is 20.3 Å². The average molecular weight is 334 g/mol. The molecule has 128 valence electrons. The van der Waals surface area contributed by atoms with Crippen LogP contribution in [0, 0.1) is 12.9 Å². The molecule has 2 rings (SSSR count). The van der Waals surface area contributed by atoms with Gasteiger partial charge in [0.15, 0.2) is 0 Å². The highest BCUT2D eigenvalue weighted by Crippen LogP contribution is 2.20. The Morgan fingerprint density at radius 1 is 1.33 bits per heavy atom. The van der Waals surface area contributed by atoms with Crippen LogP contribution in [0.4, 0.5) is 9.18 Å². The van der Waals surface area contributed by atoms with Gasteiger partial charge in [-0.05, 0) is 29.7 Å². The van der Waals surface area contributed by atoms with Crippen molar-refractivity contribution >= 4 is 6.09 Å². The molecule has 24 heavy (non-hydrogen) atoms. The predicted molar refractivity (Wildman–Crippen MR) is 84.5 cm³/mol. The standard InChI is InChI=1S/C17H19FN2O4/c1-11-8-19-15(18)7-13(11)16(22)14(21)9-20-17(23)24-10-12-5-3-2-4-6-12/h2-8,14,16,21-22H,9-10H2,1H3,(H,20,23). The lowest BCUT2D eigenvalue weighted by molar-refractivity contribution is 0.0178. The minimum Gasteiger partial charge on any atom is -0.445 e. The molecule has 0 fully saturated rings. The van der Waals surface area contributed by atoms with Gasteiger partial charge in [-0.2, -0.15) is 4.39 Å². The van der Waals surface area contributed by atoms with Crippen molar-refractivity contribution < 1.29 is 24.1 Å². The Labute approximate surface area is 138 Å². The van der Waals surface area contributed by atoms with Crippen LogP contribution < -0.4 is 5.32 Å². The molecule has 2 unspecified atom stereocenters. The first-order chi connectivity index (χ1) is 11.5. The van der Waals surface area contributed by atoms with Crippen LogP contribution in [0.2, 0.25) is 0 Å². The third-order valence-electron chi connectivity index (χ3n) is 3.46. The molecule has 1 amide bonds. The zero-order valence-electron chi connectivity index (χ0n) is 13.1. The molecule has 6 nitrogen and oxygen atoms in total. The molecule has 7 heteroatoms. The Hall–Kier alpha value is -2.51. The summed E-state index contributed by atoms with van der Waals surface area (Å²) in [7, 11) is 0. The zero-order chi connectivity index (χ0) is 17.5. The van der Waals surface area contributed by atoms with Crippen molar-refractivity contribution in [1.82, 2.24) is 10.3 Å². The van der Waals surface area contributed by atoms with E-state index in [0.29, 0.717) is 5.56 Å². The highest BCUT2D eigenvalue weighted by atomic mass is 19.1. The average Bonchev–Trinajstić information content (AvgIpc) is 2.60. The first kappa shape index (κ1) is 17.8. The van der Waals surface area contributed by atoms with Gasteiger partial charge in [0.25, 0.3) is 0 Å². The predicted octanol–water partition coefficient (Wildman–Crippen LogP) is 1.85. The number of ether oxygens (including phenoxy) is 1. The van der Waals surface area contributed by atoms with Crippen LogP contribution in [0.25, 0.3) is 0 Å². The molecule has 0 saturated heterocycles. The first-order valence-electron chi connectivity index (χ1n) is 7.40. The summed E-state index contributed by atoms with van der Waals surface area (Å²) < 4.78 is 18.1. The lowest BCUT2D eigenvalue weighted by Crippen LogP contribution is -2.36. The molecule has 0 bridgehead atoms. The number of aromatic nitrogens is 1. The number of hydrogen-bond acceptors (Lipinski definition) is 5. The van der Waals surface area contributed by atoms with Gasteiger partial charge in [-0.1, -0.05) is 30.3 Å². The number of aryl methyl sites for hydroxylation is 1. The van der Waals surface area contributed by atoms with Gasteiger partial charge in [-0.25, -0.2) is 9.78 Å². The van der Waals surface area contributed by atoms with Crippen molar-refractivity contribution in [2.24, 2.45) is 0 Å². The van der Waals surface area contributed by atoms with Crippen LogP contribution in [0.1, 0.15) is 22.8 Å². The molecule has 0 radical (unpaired) electrons. The number of alkyl carbamates (subject to hydrolysis) is 1. The minimum absolute atomic E-state index is 0.0972. The number of pyridine rings is 1. The maximum absolute atomic E-state index is 13.2. The van der Waals surface area contributed by atoms with Crippen LogP contribution in [-0.4, -0.2) is 33.9 Å². The number of carbonyl (C=O) groups excluding carboxylic acids is 1. The number of aliphatic hydroxyl groups is 2. The van der Waals surface area contributed by atoms with Gasteiger partial charge in [0, 0.05) is 12.7 Å². The lowest BCUT2D eigenvalue weighted by atomic mass is 10.0. The van der Waals surface area contributed by atoms with Crippen LogP contribution in [0.15, 0.2) is 42.6 Å². The van der Waals surface area contributed by atoms with Crippen LogP contribution in [0.5, 0.6) is 0 Å². The summed E-state index contributed by atoms with van der Waals surface area (Å²) >= 11 is 0. The Morgan fingerprint density at radius 3 is 2.75 bits per heavy atom. The zero-order valence-corrected chi connectivity index (χ0v) is 13.1. The highest BCUT2D eigenvalue weighted by Gasteiger charge is 2.21. The van der Waals surface area contributed by atoms with Crippen molar-refractivity contribution in [2.75, 3.05) is 6.54 Å². The van der Waals surface area contributed by atoms with Crippen LogP contribution in [-0.2, 0) is 11.3 Å². The van der Waals surface area contributed by atoms with Gasteiger partial charge in [0.2, 0.25) is 5.95 Å². The van der Waals surface area contributed by atoms with Crippen molar-refractivity contribution in [3.8, 4) is 0 Å². The van der Waals surface area contributed by atoms with E-state index in [1.165, 1.54) is 6.20 Å². The minimum atomic E-state index is -1.35. The van der Waals surface area contributed by atoms with Crippen molar-refractivity contribution in [3.05, 3.63) is 65.2 Å². The number of carbonyl (C=O) groups is 1. The fourth-order valence-electron chi connectivity index (χ4n) is 2.11. The van der Waals surface area contributed by atoms with E-state index in [4.69, 9.17) is 4.74 Å². The van der Waals surface area contributed by atoms with Crippen LogP contribution in [0.3, 0.4) is 0 Å². The topological polar surface area (TPSA) is 91.7 Å². The Bertz CT molecular complexity index is 682. The second-order valence-corrected chi connectivity index (χ2v) is 5.32. The number of rotatable bonds is 6. The van der Waals surface area contributed by atoms with E-state index in [0.717, 1.165) is 11.6 Å².